The summed E-state index contributed by atoms with van der Waals surface area (Å²) in [6, 6.07) is 13.1. The zero-order chi connectivity index (χ0) is 14.9. The van der Waals surface area contributed by atoms with Crippen LogP contribution in [0.15, 0.2) is 48.5 Å². The predicted molar refractivity (Wildman–Crippen MR) is 78.4 cm³/mol. The van der Waals surface area contributed by atoms with Crippen molar-refractivity contribution in [3.63, 3.8) is 0 Å². The first kappa shape index (κ1) is 13.9. The third kappa shape index (κ3) is 3.00. The van der Waals surface area contributed by atoms with E-state index in [4.69, 9.17) is 0 Å². The van der Waals surface area contributed by atoms with Gasteiger partial charge in [-0.15, -0.1) is 11.3 Å². The number of thiazole rings is 1. The summed E-state index contributed by atoms with van der Waals surface area (Å²) >= 11 is 1.48. The molecule has 2 aromatic carbocycles. The lowest BCUT2D eigenvalue weighted by Crippen LogP contribution is -2.10. The van der Waals surface area contributed by atoms with Crippen LogP contribution in [0.25, 0.3) is 10.2 Å². The highest BCUT2D eigenvalue weighted by molar-refractivity contribution is 7.18. The van der Waals surface area contributed by atoms with E-state index in [0.717, 1.165) is 21.3 Å². The first-order valence-electron chi connectivity index (χ1n) is 6.28. The number of halogens is 3. The Labute approximate surface area is 123 Å². The van der Waals surface area contributed by atoms with Crippen molar-refractivity contribution in [2.75, 3.05) is 5.32 Å². The summed E-state index contributed by atoms with van der Waals surface area (Å²) in [5.74, 6) is 0. The Hall–Kier alpha value is -2.08. The van der Waals surface area contributed by atoms with Crippen LogP contribution < -0.4 is 5.32 Å². The number of fused-ring (bicyclic) bond motifs is 1. The fourth-order valence-corrected chi connectivity index (χ4v) is 2.96. The molecule has 21 heavy (non-hydrogen) atoms. The number of rotatable bonds is 3. The van der Waals surface area contributed by atoms with E-state index in [1.807, 2.05) is 24.3 Å². The van der Waals surface area contributed by atoms with E-state index in [1.54, 1.807) is 6.07 Å². The van der Waals surface area contributed by atoms with E-state index in [2.05, 4.69) is 10.3 Å². The minimum Gasteiger partial charge on any atom is -0.378 e. The van der Waals surface area contributed by atoms with Crippen molar-refractivity contribution < 1.29 is 13.2 Å². The van der Waals surface area contributed by atoms with Crippen LogP contribution >= 0.6 is 11.3 Å². The fraction of sp³-hybridized carbons (Fsp3) is 0.133. The molecule has 0 spiro atoms. The second-order valence-electron chi connectivity index (χ2n) is 4.47. The Morgan fingerprint density at radius 1 is 1.00 bits per heavy atom. The van der Waals surface area contributed by atoms with Gasteiger partial charge in [-0.05, 0) is 24.3 Å². The average molecular weight is 308 g/mol. The lowest BCUT2D eigenvalue weighted by Gasteiger charge is -2.13. The molecule has 6 heteroatoms. The van der Waals surface area contributed by atoms with Gasteiger partial charge in [0.05, 0.1) is 22.3 Å². The van der Waals surface area contributed by atoms with E-state index in [0.29, 0.717) is 0 Å². The van der Waals surface area contributed by atoms with Gasteiger partial charge in [0.15, 0.2) is 0 Å². The maximum absolute atomic E-state index is 12.9. The third-order valence-electron chi connectivity index (χ3n) is 3.00. The standard InChI is InChI=1S/C15H11F3N2S/c16-15(17,18)10-5-1-2-6-11(10)19-9-14-20-12-7-3-4-8-13(12)21-14/h1-8,19H,9H2. The molecule has 0 saturated heterocycles. The number of alkyl halides is 3. The Morgan fingerprint density at radius 3 is 2.48 bits per heavy atom. The summed E-state index contributed by atoms with van der Waals surface area (Å²) in [4.78, 5) is 4.39. The molecule has 0 aliphatic carbocycles. The first-order valence-corrected chi connectivity index (χ1v) is 7.10. The van der Waals surface area contributed by atoms with Gasteiger partial charge in [-0.1, -0.05) is 24.3 Å². The second kappa shape index (κ2) is 5.37. The van der Waals surface area contributed by atoms with Crippen molar-refractivity contribution in [3.8, 4) is 0 Å². The average Bonchev–Trinajstić information content (AvgIpc) is 2.87. The second-order valence-corrected chi connectivity index (χ2v) is 5.59. The Balaban J connectivity index is 1.82. The predicted octanol–water partition coefficient (Wildman–Crippen LogP) is 4.93. The molecule has 3 rings (SSSR count). The van der Waals surface area contributed by atoms with Crippen LogP contribution in [-0.2, 0) is 12.7 Å². The number of nitrogens with zero attached hydrogens (tertiary/aromatic N) is 1. The largest absolute Gasteiger partial charge is 0.418 e. The van der Waals surface area contributed by atoms with Gasteiger partial charge in [-0.2, -0.15) is 13.2 Å². The van der Waals surface area contributed by atoms with Crippen molar-refractivity contribution in [2.24, 2.45) is 0 Å². The maximum Gasteiger partial charge on any atom is 0.418 e. The zero-order valence-corrected chi connectivity index (χ0v) is 11.6. The number of hydrogen-bond acceptors (Lipinski definition) is 3. The topological polar surface area (TPSA) is 24.9 Å². The van der Waals surface area contributed by atoms with Crippen LogP contribution in [0.2, 0.25) is 0 Å². The maximum atomic E-state index is 12.9. The molecule has 0 fully saturated rings. The number of benzene rings is 2. The number of hydrogen-bond donors (Lipinski definition) is 1. The molecular weight excluding hydrogens is 297 g/mol. The summed E-state index contributed by atoms with van der Waals surface area (Å²) in [6.07, 6.45) is -4.36. The highest BCUT2D eigenvalue weighted by atomic mass is 32.1. The molecule has 0 aliphatic rings. The number of anilines is 1. The van der Waals surface area contributed by atoms with E-state index < -0.39 is 11.7 Å². The Morgan fingerprint density at radius 2 is 1.71 bits per heavy atom. The summed E-state index contributed by atoms with van der Waals surface area (Å²) in [5, 5.41) is 3.58. The van der Waals surface area contributed by atoms with Gasteiger partial charge in [-0.3, -0.25) is 0 Å². The molecule has 1 aromatic heterocycles. The zero-order valence-electron chi connectivity index (χ0n) is 10.8. The van der Waals surface area contributed by atoms with Crippen molar-refractivity contribution >= 4 is 27.2 Å². The molecular formula is C15H11F3N2S. The summed E-state index contributed by atoms with van der Waals surface area (Å²) < 4.78 is 39.7. The van der Waals surface area contributed by atoms with Crippen molar-refractivity contribution in [1.29, 1.82) is 0 Å². The van der Waals surface area contributed by atoms with E-state index >= 15 is 0 Å². The van der Waals surface area contributed by atoms with Crippen molar-refractivity contribution in [3.05, 3.63) is 59.1 Å². The SMILES string of the molecule is FC(F)(F)c1ccccc1NCc1nc2ccccc2s1. The number of nitrogens with one attached hydrogen (secondary N) is 1. The van der Waals surface area contributed by atoms with E-state index in [-0.39, 0.29) is 12.2 Å². The van der Waals surface area contributed by atoms with E-state index in [9.17, 15) is 13.2 Å². The van der Waals surface area contributed by atoms with Gasteiger partial charge in [0.2, 0.25) is 0 Å². The third-order valence-corrected chi connectivity index (χ3v) is 4.04. The minimum absolute atomic E-state index is 0.0734. The van der Waals surface area contributed by atoms with Crippen molar-refractivity contribution in [1.82, 2.24) is 4.98 Å². The number of para-hydroxylation sites is 2. The highest BCUT2D eigenvalue weighted by Crippen LogP contribution is 2.35. The van der Waals surface area contributed by atoms with Crippen LogP contribution in [0.1, 0.15) is 10.6 Å². The lowest BCUT2D eigenvalue weighted by molar-refractivity contribution is -0.136. The van der Waals surface area contributed by atoms with Gasteiger partial charge in [0, 0.05) is 5.69 Å². The fourth-order valence-electron chi connectivity index (χ4n) is 2.05. The molecule has 0 bridgehead atoms. The highest BCUT2D eigenvalue weighted by Gasteiger charge is 2.33. The molecule has 3 aromatic rings. The monoisotopic (exact) mass is 308 g/mol. The van der Waals surface area contributed by atoms with Gasteiger partial charge in [0.1, 0.15) is 5.01 Å². The van der Waals surface area contributed by atoms with Crippen LogP contribution in [0.5, 0.6) is 0 Å². The Kier molecular flexibility index (Phi) is 3.55. The molecule has 2 nitrogen and oxygen atoms in total. The summed E-state index contributed by atoms with van der Waals surface area (Å²) in [5.41, 5.74) is 0.277. The molecule has 1 N–H and O–H groups in total. The molecule has 1 heterocycles. The first-order chi connectivity index (χ1) is 10.0. The van der Waals surface area contributed by atoms with E-state index in [1.165, 1.54) is 23.5 Å². The molecule has 0 unspecified atom stereocenters. The summed E-state index contributed by atoms with van der Waals surface area (Å²) in [7, 11) is 0. The molecule has 108 valence electrons. The molecule has 0 radical (unpaired) electrons. The molecule has 0 amide bonds. The van der Waals surface area contributed by atoms with Crippen molar-refractivity contribution in [2.45, 2.75) is 12.7 Å². The van der Waals surface area contributed by atoms with Gasteiger partial charge in [-0.25, -0.2) is 4.98 Å². The number of aromatic nitrogens is 1. The molecule has 0 saturated carbocycles. The van der Waals surface area contributed by atoms with Crippen LogP contribution in [0.3, 0.4) is 0 Å². The Bertz CT molecular complexity index is 732. The normalized spacial score (nSPS) is 11.8. The minimum atomic E-state index is -4.36. The van der Waals surface area contributed by atoms with Crippen LogP contribution in [0.4, 0.5) is 18.9 Å². The summed E-state index contributed by atoms with van der Waals surface area (Å²) in [6.45, 7) is 0.270. The van der Waals surface area contributed by atoms with Gasteiger partial charge < -0.3 is 5.32 Å². The lowest BCUT2D eigenvalue weighted by atomic mass is 10.1. The van der Waals surface area contributed by atoms with Gasteiger partial charge in [0.25, 0.3) is 0 Å². The van der Waals surface area contributed by atoms with Gasteiger partial charge >= 0.3 is 6.18 Å². The molecule has 0 atom stereocenters. The smallest absolute Gasteiger partial charge is 0.378 e. The molecule has 0 aliphatic heterocycles. The van der Waals surface area contributed by atoms with Crippen LogP contribution in [-0.4, -0.2) is 4.98 Å². The van der Waals surface area contributed by atoms with Crippen LogP contribution in [0, 0.1) is 0 Å². The quantitative estimate of drug-likeness (QED) is 0.742.